The molecular weight excluding hydrogens is 414 g/mol. The molecule has 0 radical (unpaired) electrons. The third-order valence-electron chi connectivity index (χ3n) is 5.50. The number of H-pyrrole nitrogens is 1. The monoisotopic (exact) mass is 441 g/mol. The Bertz CT molecular complexity index is 1280. The highest BCUT2D eigenvalue weighted by atomic mass is 16.5. The van der Waals surface area contributed by atoms with Crippen molar-refractivity contribution < 1.29 is 14.6 Å². The molecule has 4 rings (SSSR count). The molecule has 0 atom stereocenters. The topological polar surface area (TPSA) is 86.7 Å². The third-order valence-corrected chi connectivity index (χ3v) is 5.50. The van der Waals surface area contributed by atoms with Crippen molar-refractivity contribution in [2.75, 3.05) is 20.2 Å². The first-order chi connectivity index (χ1) is 16.1. The maximum atomic E-state index is 11.9. The molecule has 1 aromatic heterocycles. The second kappa shape index (κ2) is 10.1. The van der Waals surface area contributed by atoms with Gasteiger partial charge in [-0.25, -0.2) is 9.79 Å². The molecule has 4 aromatic rings. The number of hydrogen-bond acceptors (Lipinski definition) is 5. The molecule has 3 aromatic carbocycles. The zero-order chi connectivity index (χ0) is 23.2. The van der Waals surface area contributed by atoms with Gasteiger partial charge in [0.25, 0.3) is 0 Å². The van der Waals surface area contributed by atoms with E-state index in [0.29, 0.717) is 22.4 Å². The van der Waals surface area contributed by atoms with E-state index in [4.69, 9.17) is 9.73 Å². The van der Waals surface area contributed by atoms with Crippen LogP contribution in [0.3, 0.4) is 0 Å². The number of aromatic hydroxyl groups is 1. The number of nitrogens with zero attached hydrogens (tertiary/aromatic N) is 1. The predicted molar refractivity (Wildman–Crippen MR) is 132 cm³/mol. The molecule has 168 valence electrons. The van der Waals surface area contributed by atoms with Crippen molar-refractivity contribution in [2.24, 2.45) is 4.99 Å². The molecular formula is C27H27N3O3. The maximum Gasteiger partial charge on any atom is 0.337 e. The summed E-state index contributed by atoms with van der Waals surface area (Å²) in [7, 11) is 1.34. The lowest BCUT2D eigenvalue weighted by molar-refractivity contribution is 0.0601. The molecule has 6 nitrogen and oxygen atoms in total. The Kier molecular flexibility index (Phi) is 6.86. The van der Waals surface area contributed by atoms with Crippen LogP contribution in [0.15, 0.2) is 77.8 Å². The highest BCUT2D eigenvalue weighted by Gasteiger charge is 2.20. The Morgan fingerprint density at radius 3 is 2.48 bits per heavy atom. The number of fused-ring (bicyclic) bond motifs is 1. The number of methoxy groups -OCH3 is 1. The van der Waals surface area contributed by atoms with E-state index in [1.165, 1.54) is 12.7 Å². The Balaban J connectivity index is 1.78. The molecule has 0 fully saturated rings. The zero-order valence-electron chi connectivity index (χ0n) is 18.8. The minimum Gasteiger partial charge on any atom is -0.494 e. The Morgan fingerprint density at radius 2 is 1.79 bits per heavy atom. The van der Waals surface area contributed by atoms with Crippen molar-refractivity contribution in [3.05, 3.63) is 95.1 Å². The Hall–Kier alpha value is -3.90. The fourth-order valence-corrected chi connectivity index (χ4v) is 3.80. The fourth-order valence-electron chi connectivity index (χ4n) is 3.80. The van der Waals surface area contributed by atoms with Gasteiger partial charge in [0.15, 0.2) is 5.88 Å². The van der Waals surface area contributed by atoms with Crippen molar-refractivity contribution in [3.8, 4) is 5.88 Å². The number of hydrogen-bond donors (Lipinski definition) is 3. The van der Waals surface area contributed by atoms with Gasteiger partial charge >= 0.3 is 5.97 Å². The van der Waals surface area contributed by atoms with Gasteiger partial charge in [0, 0.05) is 16.5 Å². The molecule has 6 heteroatoms. The minimum atomic E-state index is -0.432. The van der Waals surface area contributed by atoms with E-state index < -0.39 is 5.97 Å². The zero-order valence-corrected chi connectivity index (χ0v) is 18.8. The lowest BCUT2D eigenvalue weighted by Crippen LogP contribution is -2.15. The molecule has 0 bridgehead atoms. The van der Waals surface area contributed by atoms with Crippen LogP contribution in [-0.4, -0.2) is 42.0 Å². The molecule has 33 heavy (non-hydrogen) atoms. The van der Waals surface area contributed by atoms with Gasteiger partial charge in [-0.1, -0.05) is 55.5 Å². The molecule has 0 unspecified atom stereocenters. The highest BCUT2D eigenvalue weighted by Crippen LogP contribution is 2.32. The standard InChI is InChI=1S/C27H27N3O3/c1-3-28-16-15-18-9-12-21(13-10-18)29-25(19-7-5-4-6-8-19)24-22-14-11-20(27(32)33-2)17-23(22)30-26(24)31/h4-14,17,28,30-31H,3,15-16H2,1-2H3. The summed E-state index contributed by atoms with van der Waals surface area (Å²) in [5, 5.41) is 14.9. The maximum absolute atomic E-state index is 11.9. The predicted octanol–water partition coefficient (Wildman–Crippen LogP) is 4.98. The average molecular weight is 442 g/mol. The average Bonchev–Trinajstić information content (AvgIpc) is 3.18. The van der Waals surface area contributed by atoms with Crippen LogP contribution in [0.25, 0.3) is 10.9 Å². The number of aliphatic imine (C=N–C) groups is 1. The van der Waals surface area contributed by atoms with E-state index >= 15 is 0 Å². The Labute approximate surface area is 193 Å². The molecule has 0 aliphatic carbocycles. The number of benzene rings is 3. The second-order valence-corrected chi connectivity index (χ2v) is 7.70. The van der Waals surface area contributed by atoms with E-state index in [1.54, 1.807) is 18.2 Å². The molecule has 0 aliphatic heterocycles. The van der Waals surface area contributed by atoms with E-state index in [1.807, 2.05) is 42.5 Å². The van der Waals surface area contributed by atoms with Crippen molar-refractivity contribution in [2.45, 2.75) is 13.3 Å². The minimum absolute atomic E-state index is 0.00289. The summed E-state index contributed by atoms with van der Waals surface area (Å²) in [5.41, 5.74) is 5.18. The van der Waals surface area contributed by atoms with Crippen molar-refractivity contribution >= 4 is 28.3 Å². The summed E-state index contributed by atoms with van der Waals surface area (Å²) >= 11 is 0. The van der Waals surface area contributed by atoms with E-state index in [2.05, 4.69) is 29.4 Å². The van der Waals surface area contributed by atoms with Crippen molar-refractivity contribution in [1.82, 2.24) is 10.3 Å². The van der Waals surface area contributed by atoms with Crippen LogP contribution in [0, 0.1) is 0 Å². The summed E-state index contributed by atoms with van der Waals surface area (Å²) in [6.45, 7) is 3.99. The molecule has 3 N–H and O–H groups in total. The van der Waals surface area contributed by atoms with Gasteiger partial charge in [-0.2, -0.15) is 0 Å². The van der Waals surface area contributed by atoms with Crippen LogP contribution in [0.2, 0.25) is 0 Å². The third kappa shape index (κ3) is 4.96. The quantitative estimate of drug-likeness (QED) is 0.204. The summed E-state index contributed by atoms with van der Waals surface area (Å²) in [6.07, 6.45) is 0.954. The van der Waals surface area contributed by atoms with Gasteiger partial charge in [0.1, 0.15) is 0 Å². The number of aromatic amines is 1. The first-order valence-corrected chi connectivity index (χ1v) is 11.0. The highest BCUT2D eigenvalue weighted by molar-refractivity contribution is 6.22. The van der Waals surface area contributed by atoms with Gasteiger partial charge in [0.2, 0.25) is 0 Å². The van der Waals surface area contributed by atoms with Crippen LogP contribution in [0.5, 0.6) is 5.88 Å². The molecule has 0 amide bonds. The first kappa shape index (κ1) is 22.3. The normalized spacial score (nSPS) is 11.6. The SMILES string of the molecule is CCNCCc1ccc(N=C(c2ccccc2)c2c(O)[nH]c3cc(C(=O)OC)ccc23)cc1. The van der Waals surface area contributed by atoms with Gasteiger partial charge in [-0.3, -0.25) is 0 Å². The van der Waals surface area contributed by atoms with Crippen LogP contribution < -0.4 is 5.32 Å². The lowest BCUT2D eigenvalue weighted by atomic mass is 10.00. The number of ether oxygens (including phenoxy) is 1. The van der Waals surface area contributed by atoms with Gasteiger partial charge in [-0.15, -0.1) is 0 Å². The molecule has 0 aliphatic rings. The van der Waals surface area contributed by atoms with E-state index in [9.17, 15) is 9.90 Å². The van der Waals surface area contributed by atoms with E-state index in [0.717, 1.165) is 36.1 Å². The van der Waals surface area contributed by atoms with Crippen LogP contribution >= 0.6 is 0 Å². The molecule has 0 spiro atoms. The number of rotatable bonds is 8. The van der Waals surface area contributed by atoms with Crippen LogP contribution in [0.4, 0.5) is 5.69 Å². The van der Waals surface area contributed by atoms with E-state index in [-0.39, 0.29) is 5.88 Å². The largest absolute Gasteiger partial charge is 0.494 e. The fraction of sp³-hybridized carbons (Fsp3) is 0.185. The first-order valence-electron chi connectivity index (χ1n) is 11.0. The Morgan fingerprint density at radius 1 is 1.03 bits per heavy atom. The number of likely N-dealkylation sites (N-methyl/N-ethyl adjacent to an activating group) is 1. The van der Waals surface area contributed by atoms with Crippen molar-refractivity contribution in [3.63, 3.8) is 0 Å². The number of esters is 1. The van der Waals surface area contributed by atoms with Gasteiger partial charge < -0.3 is 20.1 Å². The molecule has 0 saturated heterocycles. The molecule has 0 saturated carbocycles. The van der Waals surface area contributed by atoms with Crippen molar-refractivity contribution in [1.29, 1.82) is 0 Å². The lowest BCUT2D eigenvalue weighted by Gasteiger charge is -2.09. The van der Waals surface area contributed by atoms with Crippen LogP contribution in [0.1, 0.15) is 34.0 Å². The summed E-state index contributed by atoms with van der Waals surface area (Å²) in [6, 6.07) is 23.1. The molecule has 1 heterocycles. The number of nitrogens with one attached hydrogen (secondary N) is 2. The second-order valence-electron chi connectivity index (χ2n) is 7.70. The number of aromatic nitrogens is 1. The summed E-state index contributed by atoms with van der Waals surface area (Å²) < 4.78 is 4.82. The number of carbonyl (C=O) groups is 1. The van der Waals surface area contributed by atoms with Gasteiger partial charge in [0.05, 0.1) is 29.6 Å². The van der Waals surface area contributed by atoms with Gasteiger partial charge in [-0.05, 0) is 49.3 Å². The smallest absolute Gasteiger partial charge is 0.337 e. The summed E-state index contributed by atoms with van der Waals surface area (Å²) in [4.78, 5) is 19.8. The summed E-state index contributed by atoms with van der Waals surface area (Å²) in [5.74, 6) is -0.435. The number of carbonyl (C=O) groups excluding carboxylic acids is 1. The van der Waals surface area contributed by atoms with Crippen LogP contribution in [-0.2, 0) is 11.2 Å².